The molecule has 29 heavy (non-hydrogen) atoms. The Hall–Kier alpha value is -3.67. The summed E-state index contributed by atoms with van der Waals surface area (Å²) in [4.78, 5) is 16.5. The molecule has 0 saturated carbocycles. The van der Waals surface area contributed by atoms with Crippen LogP contribution in [0.1, 0.15) is 29.0 Å². The topological polar surface area (TPSA) is 69.0 Å². The fourth-order valence-corrected chi connectivity index (χ4v) is 3.93. The normalized spacial score (nSPS) is 15.8. The minimum atomic E-state index is -0.0172. The van der Waals surface area contributed by atoms with Crippen molar-refractivity contribution in [3.8, 4) is 5.75 Å². The summed E-state index contributed by atoms with van der Waals surface area (Å²) < 4.78 is 7.16. The number of hydrogen-bond acceptors (Lipinski definition) is 4. The highest BCUT2D eigenvalue weighted by Crippen LogP contribution is 2.38. The molecule has 1 atom stereocenters. The monoisotopic (exact) mass is 384 g/mol. The zero-order chi connectivity index (χ0) is 19.8. The first-order chi connectivity index (χ1) is 14.2. The molecule has 2 aromatic carbocycles. The predicted molar refractivity (Wildman–Crippen MR) is 111 cm³/mol. The largest absolute Gasteiger partial charge is 0.497 e. The number of nitrogens with zero attached hydrogens (tertiary/aromatic N) is 3. The van der Waals surface area contributed by atoms with E-state index in [-0.39, 0.29) is 11.8 Å². The number of nitrogens with one attached hydrogen (secondary N) is 1. The second-order valence-electron chi connectivity index (χ2n) is 7.24. The maximum atomic E-state index is 12.5. The Kier molecular flexibility index (Phi) is 4.24. The van der Waals surface area contributed by atoms with E-state index in [1.807, 2.05) is 41.2 Å². The third-order valence-corrected chi connectivity index (χ3v) is 5.45. The highest BCUT2D eigenvalue weighted by molar-refractivity contribution is 5.94. The summed E-state index contributed by atoms with van der Waals surface area (Å²) in [7, 11) is 1.67. The number of aromatic nitrogens is 3. The van der Waals surface area contributed by atoms with Gasteiger partial charge in [0.15, 0.2) is 0 Å². The highest BCUT2D eigenvalue weighted by atomic mass is 16.5. The summed E-state index contributed by atoms with van der Waals surface area (Å²) in [6.45, 7) is 0.586. The second kappa shape index (κ2) is 7.05. The molecule has 1 amide bonds. The van der Waals surface area contributed by atoms with E-state index in [4.69, 9.17) is 4.74 Å². The molecule has 0 fully saturated rings. The molecule has 1 aliphatic rings. The SMILES string of the molecule is COc1ccc2cc([C@H]3CC(=O)Nc4c3cnn4Cc3ccncc3)ccc2c1. The van der Waals surface area contributed by atoms with Crippen LogP contribution in [0.5, 0.6) is 5.75 Å². The lowest BCUT2D eigenvalue weighted by molar-refractivity contribution is -0.116. The molecule has 0 saturated heterocycles. The molecule has 5 rings (SSSR count). The summed E-state index contributed by atoms with van der Waals surface area (Å²) in [5.41, 5.74) is 3.25. The van der Waals surface area contributed by atoms with E-state index in [0.29, 0.717) is 13.0 Å². The zero-order valence-corrected chi connectivity index (χ0v) is 16.0. The summed E-state index contributed by atoms with van der Waals surface area (Å²) in [5.74, 6) is 1.60. The van der Waals surface area contributed by atoms with Gasteiger partial charge in [-0.2, -0.15) is 5.10 Å². The number of carbonyl (C=O) groups is 1. The van der Waals surface area contributed by atoms with Crippen molar-refractivity contribution in [1.82, 2.24) is 14.8 Å². The molecule has 3 heterocycles. The molecule has 6 heteroatoms. The predicted octanol–water partition coefficient (Wildman–Crippen LogP) is 3.96. The first kappa shape index (κ1) is 17.4. The van der Waals surface area contributed by atoms with Crippen molar-refractivity contribution in [3.63, 3.8) is 0 Å². The van der Waals surface area contributed by atoms with E-state index in [1.165, 1.54) is 0 Å². The van der Waals surface area contributed by atoms with Crippen molar-refractivity contribution < 1.29 is 9.53 Å². The first-order valence-electron chi connectivity index (χ1n) is 9.53. The number of methoxy groups -OCH3 is 1. The van der Waals surface area contributed by atoms with Crippen LogP contribution in [0.15, 0.2) is 67.1 Å². The van der Waals surface area contributed by atoms with E-state index in [9.17, 15) is 4.79 Å². The van der Waals surface area contributed by atoms with Crippen LogP contribution in [0, 0.1) is 0 Å². The Balaban J connectivity index is 1.52. The van der Waals surface area contributed by atoms with Crippen LogP contribution in [0.25, 0.3) is 10.8 Å². The fourth-order valence-electron chi connectivity index (χ4n) is 3.93. The van der Waals surface area contributed by atoms with Gasteiger partial charge in [0.1, 0.15) is 11.6 Å². The lowest BCUT2D eigenvalue weighted by atomic mass is 9.86. The number of ether oxygens (including phenoxy) is 1. The first-order valence-corrected chi connectivity index (χ1v) is 9.53. The van der Waals surface area contributed by atoms with Crippen molar-refractivity contribution >= 4 is 22.5 Å². The van der Waals surface area contributed by atoms with Crippen molar-refractivity contribution in [2.24, 2.45) is 0 Å². The maximum absolute atomic E-state index is 12.5. The number of carbonyl (C=O) groups excluding carboxylic acids is 1. The van der Waals surface area contributed by atoms with Gasteiger partial charge < -0.3 is 10.1 Å². The molecule has 6 nitrogen and oxygen atoms in total. The Morgan fingerprint density at radius 1 is 1.10 bits per heavy atom. The van der Waals surface area contributed by atoms with E-state index in [1.54, 1.807) is 19.5 Å². The summed E-state index contributed by atoms with van der Waals surface area (Å²) in [6.07, 6.45) is 5.81. The van der Waals surface area contributed by atoms with Gasteiger partial charge in [-0.3, -0.25) is 9.78 Å². The molecule has 0 unspecified atom stereocenters. The molecule has 1 aliphatic heterocycles. The van der Waals surface area contributed by atoms with Crippen molar-refractivity contribution in [2.45, 2.75) is 18.9 Å². The molecule has 4 aromatic rings. The lowest BCUT2D eigenvalue weighted by Gasteiger charge is -2.24. The number of fused-ring (bicyclic) bond motifs is 2. The van der Waals surface area contributed by atoms with Crippen molar-refractivity contribution in [3.05, 3.63) is 83.8 Å². The lowest BCUT2D eigenvalue weighted by Crippen LogP contribution is -2.25. The molecule has 0 bridgehead atoms. The third kappa shape index (κ3) is 3.23. The van der Waals surface area contributed by atoms with Crippen molar-refractivity contribution in [2.75, 3.05) is 12.4 Å². The molecule has 0 spiro atoms. The minimum absolute atomic E-state index is 0.00815. The van der Waals surface area contributed by atoms with Gasteiger partial charge >= 0.3 is 0 Å². The number of anilines is 1. The zero-order valence-electron chi connectivity index (χ0n) is 16.0. The van der Waals surface area contributed by atoms with E-state index in [2.05, 4.69) is 33.6 Å². The average molecular weight is 384 g/mol. The van der Waals surface area contributed by atoms with Crippen LogP contribution in [0.2, 0.25) is 0 Å². The molecule has 2 aromatic heterocycles. The number of hydrogen-bond donors (Lipinski definition) is 1. The van der Waals surface area contributed by atoms with Crippen LogP contribution >= 0.6 is 0 Å². The Morgan fingerprint density at radius 2 is 1.90 bits per heavy atom. The maximum Gasteiger partial charge on any atom is 0.226 e. The molecule has 144 valence electrons. The van der Waals surface area contributed by atoms with E-state index >= 15 is 0 Å². The van der Waals surface area contributed by atoms with Gasteiger partial charge in [-0.25, -0.2) is 4.68 Å². The molecule has 1 N–H and O–H groups in total. The number of benzene rings is 2. The molecular formula is C23H20N4O2. The smallest absolute Gasteiger partial charge is 0.226 e. The number of rotatable bonds is 4. The van der Waals surface area contributed by atoms with Crippen LogP contribution in [-0.2, 0) is 11.3 Å². The van der Waals surface area contributed by atoms with E-state index in [0.717, 1.165) is 39.0 Å². The summed E-state index contributed by atoms with van der Waals surface area (Å²) in [5, 5.41) is 9.80. The highest BCUT2D eigenvalue weighted by Gasteiger charge is 2.30. The summed E-state index contributed by atoms with van der Waals surface area (Å²) in [6, 6.07) is 16.3. The van der Waals surface area contributed by atoms with Gasteiger partial charge in [-0.15, -0.1) is 0 Å². The Bertz CT molecular complexity index is 1200. The van der Waals surface area contributed by atoms with Gasteiger partial charge in [-0.05, 0) is 46.2 Å². The van der Waals surface area contributed by atoms with Crippen LogP contribution < -0.4 is 10.1 Å². The van der Waals surface area contributed by atoms with E-state index < -0.39 is 0 Å². The molecule has 0 radical (unpaired) electrons. The van der Waals surface area contributed by atoms with Crippen LogP contribution in [0.4, 0.5) is 5.82 Å². The van der Waals surface area contributed by atoms with Gasteiger partial charge in [-0.1, -0.05) is 24.3 Å². The van der Waals surface area contributed by atoms with Crippen LogP contribution in [-0.4, -0.2) is 27.8 Å². The third-order valence-electron chi connectivity index (χ3n) is 5.45. The fraction of sp³-hybridized carbons (Fsp3) is 0.174. The summed E-state index contributed by atoms with van der Waals surface area (Å²) >= 11 is 0. The standard InChI is InChI=1S/C23H20N4O2/c1-29-19-5-4-16-10-18(3-2-17(16)11-19)20-12-22(28)26-23-21(20)13-25-27(23)14-15-6-8-24-9-7-15/h2-11,13,20H,12,14H2,1H3,(H,26,28)/t20-/m1/s1. The minimum Gasteiger partial charge on any atom is -0.497 e. The molecular weight excluding hydrogens is 364 g/mol. The number of amides is 1. The molecule has 0 aliphatic carbocycles. The van der Waals surface area contributed by atoms with Crippen molar-refractivity contribution in [1.29, 1.82) is 0 Å². The average Bonchev–Trinajstić information content (AvgIpc) is 3.15. The Labute approximate surface area is 168 Å². The quantitative estimate of drug-likeness (QED) is 0.578. The van der Waals surface area contributed by atoms with Gasteiger partial charge in [0.2, 0.25) is 5.91 Å². The van der Waals surface area contributed by atoms with Gasteiger partial charge in [0.05, 0.1) is 19.9 Å². The van der Waals surface area contributed by atoms with Crippen LogP contribution in [0.3, 0.4) is 0 Å². The Morgan fingerprint density at radius 3 is 2.72 bits per heavy atom. The van der Waals surface area contributed by atoms with Gasteiger partial charge in [0, 0.05) is 30.3 Å². The second-order valence-corrected chi connectivity index (χ2v) is 7.24. The number of pyridine rings is 1. The van der Waals surface area contributed by atoms with Gasteiger partial charge in [0.25, 0.3) is 0 Å².